The minimum absolute atomic E-state index is 0.192. The Morgan fingerprint density at radius 3 is 2.70 bits per heavy atom. The van der Waals surface area contributed by atoms with Crippen molar-refractivity contribution in [2.24, 2.45) is 0 Å². The molecular weight excluding hydrogens is 290 g/mol. The molecule has 23 heavy (non-hydrogen) atoms. The minimum atomic E-state index is 0.192. The van der Waals surface area contributed by atoms with E-state index < -0.39 is 0 Å². The van der Waals surface area contributed by atoms with Gasteiger partial charge in [0.2, 0.25) is 0 Å². The zero-order valence-corrected chi connectivity index (χ0v) is 12.4. The Kier molecular flexibility index (Phi) is 3.35. The number of ether oxygens (including phenoxy) is 2. The molecule has 2 heterocycles. The van der Waals surface area contributed by atoms with Crippen molar-refractivity contribution in [3.63, 3.8) is 0 Å². The van der Waals surface area contributed by atoms with E-state index in [1.165, 1.54) is 0 Å². The van der Waals surface area contributed by atoms with E-state index >= 15 is 0 Å². The highest BCUT2D eigenvalue weighted by atomic mass is 16.6. The Morgan fingerprint density at radius 2 is 1.78 bits per heavy atom. The van der Waals surface area contributed by atoms with Crippen molar-refractivity contribution < 1.29 is 14.6 Å². The molecule has 0 radical (unpaired) electrons. The van der Waals surface area contributed by atoms with Crippen LogP contribution in [0.1, 0.15) is 11.3 Å². The van der Waals surface area contributed by atoms with E-state index in [1.54, 1.807) is 6.07 Å². The number of rotatable bonds is 2. The summed E-state index contributed by atoms with van der Waals surface area (Å²) in [4.78, 5) is 4.48. The smallest absolute Gasteiger partial charge is 0.161 e. The van der Waals surface area contributed by atoms with Gasteiger partial charge in [0.05, 0.1) is 5.69 Å². The maximum atomic E-state index is 9.90. The number of aromatic hydroxyl groups is 1. The van der Waals surface area contributed by atoms with E-state index in [0.717, 1.165) is 28.1 Å². The van der Waals surface area contributed by atoms with Crippen molar-refractivity contribution in [2.45, 2.75) is 0 Å². The highest BCUT2D eigenvalue weighted by molar-refractivity contribution is 5.85. The van der Waals surface area contributed by atoms with Gasteiger partial charge in [0.25, 0.3) is 0 Å². The van der Waals surface area contributed by atoms with Gasteiger partial charge in [-0.1, -0.05) is 30.3 Å². The molecule has 3 aromatic rings. The molecular formula is C19H15NO3. The van der Waals surface area contributed by atoms with Crippen LogP contribution >= 0.6 is 0 Å². The predicted molar refractivity (Wildman–Crippen MR) is 89.8 cm³/mol. The third kappa shape index (κ3) is 2.71. The highest BCUT2D eigenvalue weighted by Gasteiger charge is 2.10. The molecule has 1 aliphatic heterocycles. The predicted octanol–water partition coefficient (Wildman–Crippen LogP) is 3.88. The first-order chi connectivity index (χ1) is 11.3. The fraction of sp³-hybridized carbons (Fsp3) is 0.105. The van der Waals surface area contributed by atoms with Crippen LogP contribution < -0.4 is 9.47 Å². The maximum Gasteiger partial charge on any atom is 0.161 e. The Morgan fingerprint density at radius 1 is 0.913 bits per heavy atom. The van der Waals surface area contributed by atoms with Crippen molar-refractivity contribution in [3.05, 3.63) is 59.8 Å². The summed E-state index contributed by atoms with van der Waals surface area (Å²) in [5, 5.41) is 10.8. The number of nitrogens with zero attached hydrogens (tertiary/aromatic N) is 1. The number of fused-ring (bicyclic) bond motifs is 2. The van der Waals surface area contributed by atoms with E-state index in [2.05, 4.69) is 4.98 Å². The standard InChI is InChI=1S/C19H15NO3/c21-16-3-1-2-14-6-8-15(20-19(14)16)7-4-13-5-9-17-18(12-13)23-11-10-22-17/h1-9,12,21H,10-11H2/b7-4+. The average molecular weight is 305 g/mol. The van der Waals surface area contributed by atoms with Crippen LogP contribution in [-0.4, -0.2) is 23.3 Å². The lowest BCUT2D eigenvalue weighted by molar-refractivity contribution is 0.171. The maximum absolute atomic E-state index is 9.90. The summed E-state index contributed by atoms with van der Waals surface area (Å²) < 4.78 is 11.1. The normalized spacial score (nSPS) is 13.6. The van der Waals surface area contributed by atoms with Crippen LogP contribution in [0.2, 0.25) is 0 Å². The summed E-state index contributed by atoms with van der Waals surface area (Å²) in [6.07, 6.45) is 3.88. The van der Waals surface area contributed by atoms with Crippen molar-refractivity contribution in [1.82, 2.24) is 4.98 Å². The molecule has 114 valence electrons. The second-order valence-electron chi connectivity index (χ2n) is 5.32. The molecule has 1 aromatic heterocycles. The van der Waals surface area contributed by atoms with E-state index in [-0.39, 0.29) is 5.75 Å². The van der Waals surface area contributed by atoms with Gasteiger partial charge in [-0.3, -0.25) is 0 Å². The Bertz CT molecular complexity index is 902. The lowest BCUT2D eigenvalue weighted by atomic mass is 10.1. The van der Waals surface area contributed by atoms with Crippen molar-refractivity contribution in [1.29, 1.82) is 0 Å². The average Bonchev–Trinajstić information content (AvgIpc) is 2.60. The summed E-state index contributed by atoms with van der Waals surface area (Å²) in [5.41, 5.74) is 2.40. The zero-order chi connectivity index (χ0) is 15.6. The van der Waals surface area contributed by atoms with Gasteiger partial charge in [0.1, 0.15) is 24.5 Å². The molecule has 0 saturated heterocycles. The van der Waals surface area contributed by atoms with Crippen LogP contribution in [0.5, 0.6) is 17.2 Å². The Hall–Kier alpha value is -3.01. The molecule has 0 saturated carbocycles. The zero-order valence-electron chi connectivity index (χ0n) is 12.4. The molecule has 4 heteroatoms. The van der Waals surface area contributed by atoms with Gasteiger partial charge in [-0.25, -0.2) is 4.98 Å². The largest absolute Gasteiger partial charge is 0.506 e. The van der Waals surface area contributed by atoms with Gasteiger partial charge in [-0.05, 0) is 35.9 Å². The number of para-hydroxylation sites is 1. The number of benzene rings is 2. The SMILES string of the molecule is Oc1cccc2ccc(/C=C/c3ccc4c(c3)OCCO4)nc12. The number of hydrogen-bond donors (Lipinski definition) is 1. The summed E-state index contributed by atoms with van der Waals surface area (Å²) in [6, 6.07) is 15.1. The molecule has 4 rings (SSSR count). The third-order valence-corrected chi connectivity index (χ3v) is 3.73. The van der Waals surface area contributed by atoms with Crippen LogP contribution in [0.3, 0.4) is 0 Å². The second kappa shape index (κ2) is 5.65. The lowest BCUT2D eigenvalue weighted by Crippen LogP contribution is -2.15. The van der Waals surface area contributed by atoms with Crippen molar-refractivity contribution in [3.8, 4) is 17.2 Å². The number of hydrogen-bond acceptors (Lipinski definition) is 4. The Balaban J connectivity index is 1.64. The topological polar surface area (TPSA) is 51.6 Å². The lowest BCUT2D eigenvalue weighted by Gasteiger charge is -2.18. The molecule has 0 aliphatic carbocycles. The van der Waals surface area contributed by atoms with E-state index in [9.17, 15) is 5.11 Å². The van der Waals surface area contributed by atoms with Crippen LogP contribution in [-0.2, 0) is 0 Å². The van der Waals surface area contributed by atoms with Gasteiger partial charge >= 0.3 is 0 Å². The highest BCUT2D eigenvalue weighted by Crippen LogP contribution is 2.31. The number of aromatic nitrogens is 1. The summed E-state index contributed by atoms with van der Waals surface area (Å²) in [6.45, 7) is 1.17. The van der Waals surface area contributed by atoms with Gasteiger partial charge in [0.15, 0.2) is 11.5 Å². The fourth-order valence-corrected chi connectivity index (χ4v) is 2.58. The van der Waals surface area contributed by atoms with E-state index in [1.807, 2.05) is 54.6 Å². The van der Waals surface area contributed by atoms with E-state index in [4.69, 9.17) is 9.47 Å². The number of phenolic OH excluding ortho intramolecular Hbond substituents is 1. The van der Waals surface area contributed by atoms with Crippen LogP contribution in [0.15, 0.2) is 48.5 Å². The molecule has 4 nitrogen and oxygen atoms in total. The molecule has 0 amide bonds. The molecule has 2 aromatic carbocycles. The quantitative estimate of drug-likeness (QED) is 0.780. The van der Waals surface area contributed by atoms with E-state index in [0.29, 0.717) is 18.7 Å². The molecule has 1 N–H and O–H groups in total. The third-order valence-electron chi connectivity index (χ3n) is 3.73. The second-order valence-corrected chi connectivity index (χ2v) is 5.32. The first kappa shape index (κ1) is 13.6. The number of pyridine rings is 1. The summed E-state index contributed by atoms with van der Waals surface area (Å²) in [5.74, 6) is 1.74. The van der Waals surface area contributed by atoms with Gasteiger partial charge in [-0.2, -0.15) is 0 Å². The molecule has 0 bridgehead atoms. The van der Waals surface area contributed by atoms with Gasteiger partial charge in [0, 0.05) is 5.39 Å². The molecule has 0 fully saturated rings. The van der Waals surface area contributed by atoms with Crippen molar-refractivity contribution in [2.75, 3.05) is 13.2 Å². The van der Waals surface area contributed by atoms with Crippen molar-refractivity contribution >= 4 is 23.1 Å². The fourth-order valence-electron chi connectivity index (χ4n) is 2.58. The van der Waals surface area contributed by atoms with Gasteiger partial charge < -0.3 is 14.6 Å². The Labute approximate surface area is 133 Å². The summed E-state index contributed by atoms with van der Waals surface area (Å²) >= 11 is 0. The van der Waals surface area contributed by atoms with Crippen LogP contribution in [0.25, 0.3) is 23.1 Å². The number of phenols is 1. The minimum Gasteiger partial charge on any atom is -0.506 e. The first-order valence-corrected chi connectivity index (χ1v) is 7.46. The van der Waals surface area contributed by atoms with Crippen LogP contribution in [0, 0.1) is 0 Å². The monoisotopic (exact) mass is 305 g/mol. The molecule has 0 atom stereocenters. The van der Waals surface area contributed by atoms with Crippen LogP contribution in [0.4, 0.5) is 0 Å². The first-order valence-electron chi connectivity index (χ1n) is 7.46. The molecule has 0 spiro atoms. The molecule has 0 unspecified atom stereocenters. The summed E-state index contributed by atoms with van der Waals surface area (Å²) in [7, 11) is 0. The van der Waals surface area contributed by atoms with Gasteiger partial charge in [-0.15, -0.1) is 0 Å². The molecule has 1 aliphatic rings.